The second-order valence-electron chi connectivity index (χ2n) is 3.77. The standard InChI is InChI=1S/C12H9BrClFN2O2S/c1-19-10(18)4-7-5-20-12(16-7)17-11-8(13)2-6(15)3-9(11)14/h2-3,5H,4H2,1H3,(H,16,17). The van der Waals surface area contributed by atoms with Crippen molar-refractivity contribution in [3.63, 3.8) is 0 Å². The average Bonchev–Trinajstić information content (AvgIpc) is 2.81. The Hall–Kier alpha value is -1.18. The molecule has 4 nitrogen and oxygen atoms in total. The van der Waals surface area contributed by atoms with Gasteiger partial charge in [-0.1, -0.05) is 11.6 Å². The van der Waals surface area contributed by atoms with Crippen LogP contribution in [0.2, 0.25) is 5.02 Å². The molecule has 0 aliphatic carbocycles. The highest BCUT2D eigenvalue weighted by molar-refractivity contribution is 9.10. The van der Waals surface area contributed by atoms with Crippen LogP contribution < -0.4 is 5.32 Å². The Morgan fingerprint density at radius 2 is 2.35 bits per heavy atom. The molecule has 0 bridgehead atoms. The summed E-state index contributed by atoms with van der Waals surface area (Å²) < 4.78 is 18.2. The molecule has 0 atom stereocenters. The first kappa shape index (κ1) is 15.2. The molecule has 2 aromatic rings. The van der Waals surface area contributed by atoms with E-state index in [1.807, 2.05) is 0 Å². The first-order valence-electron chi connectivity index (χ1n) is 5.42. The fraction of sp³-hybridized carbons (Fsp3) is 0.167. The van der Waals surface area contributed by atoms with Crippen LogP contribution in [0.4, 0.5) is 15.2 Å². The van der Waals surface area contributed by atoms with Gasteiger partial charge in [0.25, 0.3) is 0 Å². The van der Waals surface area contributed by atoms with E-state index in [0.717, 1.165) is 0 Å². The molecule has 106 valence electrons. The summed E-state index contributed by atoms with van der Waals surface area (Å²) >= 11 is 10.5. The minimum absolute atomic E-state index is 0.104. The lowest BCUT2D eigenvalue weighted by molar-refractivity contribution is -0.139. The Bertz CT molecular complexity index is 627. The molecule has 0 unspecified atom stereocenters. The molecule has 8 heteroatoms. The molecule has 0 saturated heterocycles. The first-order chi connectivity index (χ1) is 9.49. The van der Waals surface area contributed by atoms with Gasteiger partial charge < -0.3 is 10.1 Å². The maximum atomic E-state index is 13.1. The molecule has 0 aliphatic rings. The van der Waals surface area contributed by atoms with Gasteiger partial charge in [0.2, 0.25) is 0 Å². The third-order valence-electron chi connectivity index (χ3n) is 2.34. The van der Waals surface area contributed by atoms with Crippen LogP contribution in [0.1, 0.15) is 5.69 Å². The number of carbonyl (C=O) groups is 1. The Kier molecular flexibility index (Phi) is 4.95. The predicted octanol–water partition coefficient (Wildman–Crippen LogP) is 4.16. The van der Waals surface area contributed by atoms with Gasteiger partial charge in [-0.3, -0.25) is 4.79 Å². The average molecular weight is 380 g/mol. The molecule has 1 heterocycles. The topological polar surface area (TPSA) is 51.2 Å². The van der Waals surface area contributed by atoms with E-state index in [1.54, 1.807) is 5.38 Å². The summed E-state index contributed by atoms with van der Waals surface area (Å²) in [5.74, 6) is -0.791. The molecule has 0 amide bonds. The number of ether oxygens (including phenoxy) is 1. The summed E-state index contributed by atoms with van der Waals surface area (Å²) in [7, 11) is 1.32. The maximum Gasteiger partial charge on any atom is 0.311 e. The van der Waals surface area contributed by atoms with Crippen molar-refractivity contribution in [1.29, 1.82) is 0 Å². The van der Waals surface area contributed by atoms with E-state index in [0.29, 0.717) is 21.0 Å². The van der Waals surface area contributed by atoms with E-state index in [1.165, 1.54) is 30.6 Å². The number of benzene rings is 1. The first-order valence-corrected chi connectivity index (χ1v) is 7.47. The SMILES string of the molecule is COC(=O)Cc1csc(Nc2c(Cl)cc(F)cc2Br)n1. The van der Waals surface area contributed by atoms with E-state index < -0.39 is 5.82 Å². The van der Waals surface area contributed by atoms with Crippen LogP contribution in [0, 0.1) is 5.82 Å². The number of hydrogen-bond donors (Lipinski definition) is 1. The normalized spacial score (nSPS) is 10.4. The Balaban J connectivity index is 2.17. The van der Waals surface area contributed by atoms with Crippen molar-refractivity contribution in [2.45, 2.75) is 6.42 Å². The van der Waals surface area contributed by atoms with Crippen LogP contribution in [-0.2, 0) is 16.0 Å². The summed E-state index contributed by atoms with van der Waals surface area (Å²) in [6.07, 6.45) is 0.104. The maximum absolute atomic E-state index is 13.1. The van der Waals surface area contributed by atoms with E-state index in [4.69, 9.17) is 11.6 Å². The molecule has 0 radical (unpaired) electrons. The zero-order chi connectivity index (χ0) is 14.7. The van der Waals surface area contributed by atoms with Crippen LogP contribution >= 0.6 is 38.9 Å². The summed E-state index contributed by atoms with van der Waals surface area (Å²) in [5.41, 5.74) is 1.12. The monoisotopic (exact) mass is 378 g/mol. The van der Waals surface area contributed by atoms with E-state index in [2.05, 4.69) is 31.0 Å². The summed E-state index contributed by atoms with van der Waals surface area (Å²) in [6, 6.07) is 2.51. The molecule has 20 heavy (non-hydrogen) atoms. The number of rotatable bonds is 4. The van der Waals surface area contributed by atoms with Crippen LogP contribution in [0.15, 0.2) is 22.0 Å². The summed E-state index contributed by atoms with van der Waals surface area (Å²) in [4.78, 5) is 15.4. The van der Waals surface area contributed by atoms with Crippen molar-refractivity contribution in [2.24, 2.45) is 0 Å². The fourth-order valence-electron chi connectivity index (χ4n) is 1.43. The van der Waals surface area contributed by atoms with Gasteiger partial charge in [-0.15, -0.1) is 11.3 Å². The lowest BCUT2D eigenvalue weighted by Gasteiger charge is -2.08. The minimum atomic E-state index is -0.432. The lowest BCUT2D eigenvalue weighted by Crippen LogP contribution is -2.04. The zero-order valence-electron chi connectivity index (χ0n) is 10.2. The molecule has 1 aromatic heterocycles. The lowest BCUT2D eigenvalue weighted by atomic mass is 10.3. The van der Waals surface area contributed by atoms with Crippen LogP contribution in [-0.4, -0.2) is 18.1 Å². The van der Waals surface area contributed by atoms with Gasteiger partial charge in [0.1, 0.15) is 5.82 Å². The van der Waals surface area contributed by atoms with Crippen molar-refractivity contribution in [2.75, 3.05) is 12.4 Å². The number of hydrogen-bond acceptors (Lipinski definition) is 5. The number of methoxy groups -OCH3 is 1. The third-order valence-corrected chi connectivity index (χ3v) is 4.07. The number of carbonyl (C=O) groups excluding carboxylic acids is 1. The second kappa shape index (κ2) is 6.51. The van der Waals surface area contributed by atoms with E-state index in [9.17, 15) is 9.18 Å². The number of halogens is 3. The Labute approximate surface area is 132 Å². The Morgan fingerprint density at radius 3 is 3.00 bits per heavy atom. The highest BCUT2D eigenvalue weighted by Gasteiger charge is 2.12. The van der Waals surface area contributed by atoms with E-state index in [-0.39, 0.29) is 17.4 Å². The number of thiazole rings is 1. The summed E-state index contributed by atoms with van der Waals surface area (Å²) in [5, 5.41) is 5.52. The quantitative estimate of drug-likeness (QED) is 0.811. The highest BCUT2D eigenvalue weighted by Crippen LogP contribution is 2.34. The van der Waals surface area contributed by atoms with Crippen molar-refractivity contribution in [1.82, 2.24) is 4.98 Å². The second-order valence-corrected chi connectivity index (χ2v) is 5.89. The molecule has 1 aromatic carbocycles. The van der Waals surface area contributed by atoms with Crippen LogP contribution in [0.5, 0.6) is 0 Å². The van der Waals surface area contributed by atoms with Crippen molar-refractivity contribution < 1.29 is 13.9 Å². The highest BCUT2D eigenvalue weighted by atomic mass is 79.9. The van der Waals surface area contributed by atoms with Crippen molar-refractivity contribution in [3.05, 3.63) is 38.5 Å². The molecule has 0 aliphatic heterocycles. The fourth-order valence-corrected chi connectivity index (χ4v) is 3.05. The number of nitrogens with zero attached hydrogens (tertiary/aromatic N) is 1. The molecular formula is C12H9BrClFN2O2S. The third kappa shape index (κ3) is 3.68. The molecular weight excluding hydrogens is 371 g/mol. The van der Waals surface area contributed by atoms with Gasteiger partial charge in [0, 0.05) is 9.85 Å². The number of nitrogens with one attached hydrogen (secondary N) is 1. The van der Waals surface area contributed by atoms with Crippen molar-refractivity contribution >= 4 is 55.7 Å². The largest absolute Gasteiger partial charge is 0.469 e. The zero-order valence-corrected chi connectivity index (χ0v) is 13.4. The van der Waals surface area contributed by atoms with Crippen LogP contribution in [0.3, 0.4) is 0 Å². The van der Waals surface area contributed by atoms with Gasteiger partial charge in [0.15, 0.2) is 5.13 Å². The number of anilines is 2. The molecule has 0 fully saturated rings. The molecule has 1 N–H and O–H groups in total. The Morgan fingerprint density at radius 1 is 1.60 bits per heavy atom. The number of aromatic nitrogens is 1. The number of esters is 1. The van der Waals surface area contributed by atoms with E-state index >= 15 is 0 Å². The van der Waals surface area contributed by atoms with Gasteiger partial charge in [0.05, 0.1) is 29.9 Å². The van der Waals surface area contributed by atoms with Gasteiger partial charge >= 0.3 is 5.97 Å². The minimum Gasteiger partial charge on any atom is -0.469 e. The van der Waals surface area contributed by atoms with Gasteiger partial charge in [-0.25, -0.2) is 9.37 Å². The molecule has 2 rings (SSSR count). The van der Waals surface area contributed by atoms with Crippen LogP contribution in [0.25, 0.3) is 0 Å². The van der Waals surface area contributed by atoms with Gasteiger partial charge in [-0.2, -0.15) is 0 Å². The van der Waals surface area contributed by atoms with Crippen molar-refractivity contribution in [3.8, 4) is 0 Å². The summed E-state index contributed by atoms with van der Waals surface area (Å²) in [6.45, 7) is 0. The van der Waals surface area contributed by atoms with Gasteiger partial charge in [-0.05, 0) is 28.1 Å². The molecule has 0 spiro atoms. The predicted molar refractivity (Wildman–Crippen MR) is 80.2 cm³/mol. The molecule has 0 saturated carbocycles. The smallest absolute Gasteiger partial charge is 0.311 e.